The van der Waals surface area contributed by atoms with E-state index in [0.717, 1.165) is 51.3 Å². The summed E-state index contributed by atoms with van der Waals surface area (Å²) in [6.45, 7) is 20.4. The predicted octanol–water partition coefficient (Wildman–Crippen LogP) is 6.01. The molecule has 0 unspecified atom stereocenters. The highest BCUT2D eigenvalue weighted by atomic mass is 16.4. The maximum atomic E-state index is 11.0. The maximum Gasteiger partial charge on any atom is 0.335 e. The van der Waals surface area contributed by atoms with Crippen LogP contribution in [-0.4, -0.2) is 48.7 Å². The zero-order valence-corrected chi connectivity index (χ0v) is 19.6. The Labute approximate surface area is 183 Å². The molecule has 166 valence electrons. The van der Waals surface area contributed by atoms with Crippen LogP contribution < -0.4 is 4.90 Å². The van der Waals surface area contributed by atoms with Gasteiger partial charge < -0.3 is 10.0 Å². The second-order valence-corrected chi connectivity index (χ2v) is 9.00. The second-order valence-electron chi connectivity index (χ2n) is 9.00. The van der Waals surface area contributed by atoms with E-state index in [-0.39, 0.29) is 0 Å². The van der Waals surface area contributed by atoms with Crippen LogP contribution in [0.4, 0.5) is 5.69 Å². The van der Waals surface area contributed by atoms with Gasteiger partial charge in [0.05, 0.1) is 5.56 Å². The smallest absolute Gasteiger partial charge is 0.335 e. The summed E-state index contributed by atoms with van der Waals surface area (Å²) < 4.78 is 0. The van der Waals surface area contributed by atoms with Gasteiger partial charge in [-0.1, -0.05) is 52.3 Å². The van der Waals surface area contributed by atoms with Crippen LogP contribution in [0.5, 0.6) is 0 Å². The molecule has 0 aromatic heterocycles. The van der Waals surface area contributed by atoms with Gasteiger partial charge in [0.25, 0.3) is 0 Å². The third kappa shape index (κ3) is 6.21. The monoisotopic (exact) mass is 412 g/mol. The number of anilines is 1. The third-order valence-corrected chi connectivity index (χ3v) is 6.31. The number of carbonyl (C=O) groups is 1. The van der Waals surface area contributed by atoms with E-state index in [9.17, 15) is 4.79 Å². The Bertz CT molecular complexity index is 754. The van der Waals surface area contributed by atoms with Gasteiger partial charge in [0, 0.05) is 38.4 Å². The first-order chi connectivity index (χ1) is 14.3. The highest BCUT2D eigenvalue weighted by Crippen LogP contribution is 2.41. The fourth-order valence-corrected chi connectivity index (χ4v) is 4.34. The highest BCUT2D eigenvalue weighted by molar-refractivity contribution is 5.88. The quantitative estimate of drug-likeness (QED) is 0.622. The first kappa shape index (κ1) is 24.2. The van der Waals surface area contributed by atoms with Gasteiger partial charge in [-0.05, 0) is 60.9 Å². The van der Waals surface area contributed by atoms with Gasteiger partial charge >= 0.3 is 5.97 Å². The van der Waals surface area contributed by atoms with Crippen LogP contribution in [0.3, 0.4) is 0 Å². The van der Waals surface area contributed by atoms with Crippen LogP contribution in [-0.2, 0) is 0 Å². The molecule has 0 saturated carbocycles. The number of carboxylic acids is 1. The van der Waals surface area contributed by atoms with Crippen LogP contribution in [0.25, 0.3) is 0 Å². The Morgan fingerprint density at radius 1 is 1.10 bits per heavy atom. The summed E-state index contributed by atoms with van der Waals surface area (Å²) in [5.74, 6) is -0.871. The number of hydrogen-bond donors (Lipinski definition) is 1. The Kier molecular flexibility index (Phi) is 8.72. The molecule has 1 aliphatic carbocycles. The number of piperazine rings is 1. The van der Waals surface area contributed by atoms with Crippen LogP contribution in [0.15, 0.2) is 47.6 Å². The van der Waals surface area contributed by atoms with Gasteiger partial charge in [0.15, 0.2) is 0 Å². The van der Waals surface area contributed by atoms with Gasteiger partial charge in [-0.3, -0.25) is 4.90 Å². The first-order valence-corrected chi connectivity index (χ1v) is 11.5. The zero-order chi connectivity index (χ0) is 22.3. The Morgan fingerprint density at radius 2 is 1.70 bits per heavy atom. The highest BCUT2D eigenvalue weighted by Gasteiger charge is 2.29. The van der Waals surface area contributed by atoms with Crippen LogP contribution >= 0.6 is 0 Å². The van der Waals surface area contributed by atoms with Crippen molar-refractivity contribution in [3.05, 3.63) is 53.1 Å². The summed E-state index contributed by atoms with van der Waals surface area (Å²) in [6, 6.07) is 7.24. The Balaban J connectivity index is 0.00000155. The molecule has 2 aliphatic rings. The number of allylic oxidation sites excluding steroid dienone is 2. The van der Waals surface area contributed by atoms with Crippen molar-refractivity contribution in [3.8, 4) is 0 Å². The SMILES string of the molecule is C=C(CC)C1=C(CN2CCN(c3ccc(C(=O)O)cc3)CC2)CCC(C)(C)C1.CC. The molecule has 1 aliphatic heterocycles. The van der Waals surface area contributed by atoms with Crippen molar-refractivity contribution < 1.29 is 9.90 Å². The average Bonchev–Trinajstić information content (AvgIpc) is 2.76. The molecule has 1 N–H and O–H groups in total. The topological polar surface area (TPSA) is 43.8 Å². The molecule has 1 heterocycles. The number of nitrogens with zero attached hydrogens (tertiary/aromatic N) is 2. The van der Waals surface area contributed by atoms with E-state index in [0.29, 0.717) is 11.0 Å². The molecule has 3 rings (SSSR count). The Morgan fingerprint density at radius 3 is 2.23 bits per heavy atom. The number of benzene rings is 1. The summed E-state index contributed by atoms with van der Waals surface area (Å²) in [6.07, 6.45) is 4.65. The Hall–Kier alpha value is -2.07. The fraction of sp³-hybridized carbons (Fsp3) is 0.577. The minimum absolute atomic E-state index is 0.346. The summed E-state index contributed by atoms with van der Waals surface area (Å²) in [5, 5.41) is 9.06. The lowest BCUT2D eigenvalue weighted by Gasteiger charge is -2.39. The molecule has 1 saturated heterocycles. The van der Waals surface area contributed by atoms with E-state index >= 15 is 0 Å². The number of carboxylic acid groups (broad SMARTS) is 1. The largest absolute Gasteiger partial charge is 0.478 e. The molecule has 0 radical (unpaired) electrons. The molecule has 1 aromatic rings. The average molecular weight is 413 g/mol. The van der Waals surface area contributed by atoms with Gasteiger partial charge in [0.1, 0.15) is 0 Å². The second kappa shape index (κ2) is 10.8. The minimum atomic E-state index is -0.871. The summed E-state index contributed by atoms with van der Waals surface area (Å²) >= 11 is 0. The summed E-state index contributed by atoms with van der Waals surface area (Å²) in [5.41, 5.74) is 6.30. The van der Waals surface area contributed by atoms with Crippen LogP contribution in [0.2, 0.25) is 0 Å². The van der Waals surface area contributed by atoms with E-state index in [4.69, 9.17) is 5.11 Å². The molecule has 0 bridgehead atoms. The number of rotatable bonds is 6. The van der Waals surface area contributed by atoms with Crippen molar-refractivity contribution in [1.82, 2.24) is 4.90 Å². The van der Waals surface area contributed by atoms with Crippen molar-refractivity contribution in [1.29, 1.82) is 0 Å². The van der Waals surface area contributed by atoms with Crippen LogP contribution in [0, 0.1) is 5.41 Å². The molecule has 1 fully saturated rings. The summed E-state index contributed by atoms with van der Waals surface area (Å²) in [4.78, 5) is 15.9. The lowest BCUT2D eigenvalue weighted by molar-refractivity contribution is 0.0697. The fourth-order valence-electron chi connectivity index (χ4n) is 4.34. The van der Waals surface area contributed by atoms with Crippen molar-refractivity contribution in [2.75, 3.05) is 37.6 Å². The lowest BCUT2D eigenvalue weighted by atomic mass is 9.72. The normalized spacial score (nSPS) is 19.2. The van der Waals surface area contributed by atoms with E-state index in [1.54, 1.807) is 17.7 Å². The van der Waals surface area contributed by atoms with Crippen molar-refractivity contribution in [2.45, 2.75) is 60.3 Å². The number of hydrogen-bond acceptors (Lipinski definition) is 3. The van der Waals surface area contributed by atoms with E-state index in [1.807, 2.05) is 26.0 Å². The molecular formula is C26H40N2O2. The van der Waals surface area contributed by atoms with E-state index in [2.05, 4.69) is 37.1 Å². The van der Waals surface area contributed by atoms with Crippen LogP contribution in [0.1, 0.15) is 70.7 Å². The van der Waals surface area contributed by atoms with Crippen molar-refractivity contribution in [3.63, 3.8) is 0 Å². The van der Waals surface area contributed by atoms with Crippen molar-refractivity contribution in [2.24, 2.45) is 5.41 Å². The number of aromatic carboxylic acids is 1. The molecule has 0 spiro atoms. The molecule has 4 nitrogen and oxygen atoms in total. The maximum absolute atomic E-state index is 11.0. The third-order valence-electron chi connectivity index (χ3n) is 6.31. The summed E-state index contributed by atoms with van der Waals surface area (Å²) in [7, 11) is 0. The van der Waals surface area contributed by atoms with Gasteiger partial charge in [-0.15, -0.1) is 0 Å². The van der Waals surface area contributed by atoms with Crippen molar-refractivity contribution >= 4 is 11.7 Å². The zero-order valence-electron chi connectivity index (χ0n) is 19.6. The molecular weight excluding hydrogens is 372 g/mol. The molecule has 30 heavy (non-hydrogen) atoms. The first-order valence-electron chi connectivity index (χ1n) is 11.5. The molecule has 4 heteroatoms. The molecule has 0 amide bonds. The molecule has 1 aromatic carbocycles. The minimum Gasteiger partial charge on any atom is -0.478 e. The van der Waals surface area contributed by atoms with E-state index < -0.39 is 5.97 Å². The lowest BCUT2D eigenvalue weighted by Crippen LogP contribution is -2.47. The van der Waals surface area contributed by atoms with Gasteiger partial charge in [0.2, 0.25) is 0 Å². The van der Waals surface area contributed by atoms with E-state index in [1.165, 1.54) is 24.0 Å². The standard InChI is InChI=1S/C24H34N2O2.C2H6/c1-5-18(2)22-16-24(3,4)11-10-20(22)17-25-12-14-26(15-13-25)21-8-6-19(7-9-21)23(27)28;1-2/h6-9H,2,5,10-17H2,1,3-4H3,(H,27,28);1-2H3. The predicted molar refractivity (Wildman–Crippen MR) is 127 cm³/mol. The molecule has 0 atom stereocenters. The van der Waals surface area contributed by atoms with Gasteiger partial charge in [-0.2, -0.15) is 0 Å². The van der Waals surface area contributed by atoms with Gasteiger partial charge in [-0.25, -0.2) is 4.79 Å².